The van der Waals surface area contributed by atoms with Crippen LogP contribution in [0.15, 0.2) is 0 Å². The van der Waals surface area contributed by atoms with Crippen molar-refractivity contribution in [3.05, 3.63) is 0 Å². The highest BCUT2D eigenvalue weighted by molar-refractivity contribution is 5.77. The van der Waals surface area contributed by atoms with Crippen LogP contribution in [0.1, 0.15) is 40.0 Å². The number of rotatable bonds is 5. The van der Waals surface area contributed by atoms with Gasteiger partial charge in [-0.25, -0.2) is 0 Å². The summed E-state index contributed by atoms with van der Waals surface area (Å²) in [5, 5.41) is 9.20. The monoisotopic (exact) mass is 258 g/mol. The summed E-state index contributed by atoms with van der Waals surface area (Å²) in [6, 6.07) is -0.0685. The molecule has 0 aromatic heterocycles. The average Bonchev–Trinajstić information content (AvgIpc) is 2.26. The smallest absolute Gasteiger partial charge is 0.224 e. The van der Waals surface area contributed by atoms with Crippen molar-refractivity contribution in [3.63, 3.8) is 0 Å². The Morgan fingerprint density at radius 3 is 2.83 bits per heavy atom. The molecule has 3 N–H and O–H groups in total. The van der Waals surface area contributed by atoms with Gasteiger partial charge in [-0.15, -0.1) is 0 Å². The number of hydrogen-bond donors (Lipinski definition) is 2. The van der Waals surface area contributed by atoms with E-state index in [1.807, 2.05) is 13.8 Å². The van der Waals surface area contributed by atoms with Crippen molar-refractivity contribution >= 4 is 5.91 Å². The van der Waals surface area contributed by atoms with Gasteiger partial charge in [0.15, 0.2) is 0 Å². The molecule has 1 heterocycles. The van der Waals surface area contributed by atoms with Crippen LogP contribution in [-0.4, -0.2) is 53.4 Å². The summed E-state index contributed by atoms with van der Waals surface area (Å²) in [7, 11) is 0. The Balaban J connectivity index is 2.56. The minimum absolute atomic E-state index is 0.0609. The molecular formula is C13H26N2O3. The normalized spacial score (nSPS) is 24.9. The summed E-state index contributed by atoms with van der Waals surface area (Å²) in [5.41, 5.74) is 5.49. The fraction of sp³-hybridized carbons (Fsp3) is 0.923. The number of carbonyl (C=O) groups excluding carboxylic acids is 1. The number of hydrogen-bond acceptors (Lipinski definition) is 4. The lowest BCUT2D eigenvalue weighted by Crippen LogP contribution is -2.56. The maximum atomic E-state index is 12.1. The topological polar surface area (TPSA) is 75.8 Å². The van der Waals surface area contributed by atoms with E-state index in [0.717, 1.165) is 12.8 Å². The number of ether oxygens (including phenoxy) is 1. The second-order valence-corrected chi connectivity index (χ2v) is 5.71. The fourth-order valence-corrected chi connectivity index (χ4v) is 2.41. The van der Waals surface area contributed by atoms with Crippen molar-refractivity contribution in [2.45, 2.75) is 57.8 Å². The van der Waals surface area contributed by atoms with Gasteiger partial charge in [0.2, 0.25) is 5.91 Å². The van der Waals surface area contributed by atoms with E-state index in [1.54, 1.807) is 4.90 Å². The lowest BCUT2D eigenvalue weighted by molar-refractivity contribution is -0.167. The standard InChI is InChI=1S/C13H26N2O3/c1-4-5-10(14)6-12(17)15-7-11(8-16)18-13(2,3)9-15/h10-11,16H,4-9,14H2,1-3H3. The lowest BCUT2D eigenvalue weighted by Gasteiger charge is -2.42. The fourth-order valence-electron chi connectivity index (χ4n) is 2.41. The summed E-state index contributed by atoms with van der Waals surface area (Å²) in [5.74, 6) is 0.0609. The van der Waals surface area contributed by atoms with Crippen LogP contribution in [0.4, 0.5) is 0 Å². The van der Waals surface area contributed by atoms with Gasteiger partial charge in [0.1, 0.15) is 0 Å². The zero-order valence-corrected chi connectivity index (χ0v) is 11.7. The SMILES string of the molecule is CCCC(N)CC(=O)N1CC(CO)OC(C)(C)C1. The molecule has 0 aliphatic carbocycles. The molecule has 5 nitrogen and oxygen atoms in total. The Labute approximate surface area is 109 Å². The first kappa shape index (κ1) is 15.4. The van der Waals surface area contributed by atoms with E-state index in [-0.39, 0.29) is 24.7 Å². The Hall–Kier alpha value is -0.650. The quantitative estimate of drug-likeness (QED) is 0.753. The summed E-state index contributed by atoms with van der Waals surface area (Å²) < 4.78 is 5.68. The highest BCUT2D eigenvalue weighted by Crippen LogP contribution is 2.21. The number of aliphatic hydroxyl groups excluding tert-OH is 1. The van der Waals surface area contributed by atoms with Gasteiger partial charge in [0.05, 0.1) is 18.3 Å². The first-order valence-corrected chi connectivity index (χ1v) is 6.70. The first-order chi connectivity index (χ1) is 8.38. The molecule has 1 saturated heterocycles. The van der Waals surface area contributed by atoms with Crippen molar-refractivity contribution in [1.82, 2.24) is 4.90 Å². The molecule has 0 bridgehead atoms. The van der Waals surface area contributed by atoms with Gasteiger partial charge in [-0.1, -0.05) is 13.3 Å². The Bertz CT molecular complexity index is 281. The van der Waals surface area contributed by atoms with Gasteiger partial charge in [-0.05, 0) is 20.3 Å². The van der Waals surface area contributed by atoms with Crippen molar-refractivity contribution in [1.29, 1.82) is 0 Å². The molecular weight excluding hydrogens is 232 g/mol. The summed E-state index contributed by atoms with van der Waals surface area (Å²) >= 11 is 0. The van der Waals surface area contributed by atoms with Crippen molar-refractivity contribution < 1.29 is 14.6 Å². The number of aliphatic hydroxyl groups is 1. The molecule has 18 heavy (non-hydrogen) atoms. The Morgan fingerprint density at radius 2 is 2.28 bits per heavy atom. The van der Waals surface area contributed by atoms with Crippen molar-refractivity contribution in [3.8, 4) is 0 Å². The molecule has 0 radical (unpaired) electrons. The van der Waals surface area contributed by atoms with Gasteiger partial charge >= 0.3 is 0 Å². The molecule has 2 unspecified atom stereocenters. The van der Waals surface area contributed by atoms with E-state index in [2.05, 4.69) is 6.92 Å². The van der Waals surface area contributed by atoms with E-state index < -0.39 is 5.60 Å². The van der Waals surface area contributed by atoms with Crippen LogP contribution in [0, 0.1) is 0 Å². The van der Waals surface area contributed by atoms with Crippen LogP contribution in [0.25, 0.3) is 0 Å². The molecule has 106 valence electrons. The van der Waals surface area contributed by atoms with Crippen LogP contribution < -0.4 is 5.73 Å². The van der Waals surface area contributed by atoms with Crippen LogP contribution >= 0.6 is 0 Å². The molecule has 1 amide bonds. The van der Waals surface area contributed by atoms with Crippen LogP contribution in [-0.2, 0) is 9.53 Å². The predicted molar refractivity (Wildman–Crippen MR) is 70.1 cm³/mol. The van der Waals surface area contributed by atoms with Crippen LogP contribution in [0.2, 0.25) is 0 Å². The molecule has 5 heteroatoms. The van der Waals surface area contributed by atoms with E-state index in [1.165, 1.54) is 0 Å². The summed E-state index contributed by atoms with van der Waals surface area (Å²) in [6.45, 7) is 6.87. The van der Waals surface area contributed by atoms with Crippen LogP contribution in [0.5, 0.6) is 0 Å². The lowest BCUT2D eigenvalue weighted by atomic mass is 10.0. The molecule has 2 atom stereocenters. The molecule has 0 aromatic rings. The van der Waals surface area contributed by atoms with Gasteiger partial charge in [0, 0.05) is 25.6 Å². The summed E-state index contributed by atoms with van der Waals surface area (Å²) in [4.78, 5) is 13.9. The molecule has 1 aliphatic rings. The van der Waals surface area contributed by atoms with Gasteiger partial charge in [-0.2, -0.15) is 0 Å². The predicted octanol–water partition coefficient (Wildman–Crippen LogP) is 0.502. The minimum Gasteiger partial charge on any atom is -0.394 e. The number of carbonyl (C=O) groups is 1. The molecule has 0 aromatic carbocycles. The number of nitrogens with two attached hydrogens (primary N) is 1. The maximum absolute atomic E-state index is 12.1. The minimum atomic E-state index is -0.407. The van der Waals surface area contributed by atoms with Gasteiger partial charge in [-0.3, -0.25) is 4.79 Å². The second kappa shape index (κ2) is 6.50. The number of nitrogens with zero attached hydrogens (tertiary/aromatic N) is 1. The molecule has 1 rings (SSSR count). The molecule has 1 aliphatic heterocycles. The van der Waals surface area contributed by atoms with Gasteiger partial charge in [0.25, 0.3) is 0 Å². The molecule has 0 spiro atoms. The number of amides is 1. The maximum Gasteiger partial charge on any atom is 0.224 e. The first-order valence-electron chi connectivity index (χ1n) is 6.70. The van der Waals surface area contributed by atoms with Gasteiger partial charge < -0.3 is 20.5 Å². The Kier molecular flexibility index (Phi) is 5.56. The van der Waals surface area contributed by atoms with Crippen molar-refractivity contribution in [2.75, 3.05) is 19.7 Å². The average molecular weight is 258 g/mol. The highest BCUT2D eigenvalue weighted by atomic mass is 16.5. The Morgan fingerprint density at radius 1 is 1.61 bits per heavy atom. The second-order valence-electron chi connectivity index (χ2n) is 5.71. The third-order valence-corrected chi connectivity index (χ3v) is 3.13. The molecule has 0 saturated carbocycles. The highest BCUT2D eigenvalue weighted by Gasteiger charge is 2.35. The zero-order valence-electron chi connectivity index (χ0n) is 11.7. The van der Waals surface area contributed by atoms with E-state index in [0.29, 0.717) is 19.5 Å². The third kappa shape index (κ3) is 4.55. The largest absolute Gasteiger partial charge is 0.394 e. The van der Waals surface area contributed by atoms with E-state index in [9.17, 15) is 9.90 Å². The van der Waals surface area contributed by atoms with Crippen LogP contribution in [0.3, 0.4) is 0 Å². The van der Waals surface area contributed by atoms with Crippen molar-refractivity contribution in [2.24, 2.45) is 5.73 Å². The number of morpholine rings is 1. The van der Waals surface area contributed by atoms with E-state index >= 15 is 0 Å². The molecule has 1 fully saturated rings. The zero-order chi connectivity index (χ0) is 13.8. The summed E-state index contributed by atoms with van der Waals surface area (Å²) in [6.07, 6.45) is 1.94. The van der Waals surface area contributed by atoms with E-state index in [4.69, 9.17) is 10.5 Å². The third-order valence-electron chi connectivity index (χ3n) is 3.13.